The van der Waals surface area contributed by atoms with Crippen molar-refractivity contribution in [1.29, 1.82) is 0 Å². The Kier molecular flexibility index (Phi) is 3.69. The van der Waals surface area contributed by atoms with Gasteiger partial charge in [-0.1, -0.05) is 0 Å². The Hall–Kier alpha value is -1.09. The number of rotatable bonds is 3. The fourth-order valence-corrected chi connectivity index (χ4v) is 1.57. The predicted molar refractivity (Wildman–Crippen MR) is 62.9 cm³/mol. The monoisotopic (exact) mass is 210 g/mol. The molecule has 2 nitrogen and oxygen atoms in total. The van der Waals surface area contributed by atoms with Crippen molar-refractivity contribution in [2.45, 2.75) is 19.9 Å². The molecule has 0 saturated carbocycles. The van der Waals surface area contributed by atoms with Crippen molar-refractivity contribution in [2.24, 2.45) is 0 Å². The molecule has 1 unspecified atom stereocenters. The molecule has 0 saturated heterocycles. The van der Waals surface area contributed by atoms with Crippen LogP contribution in [0.5, 0.6) is 0 Å². The van der Waals surface area contributed by atoms with E-state index in [4.69, 9.17) is 0 Å². The van der Waals surface area contributed by atoms with E-state index in [1.54, 1.807) is 13.0 Å². The molecule has 1 aromatic carbocycles. The molecule has 0 aliphatic rings. The van der Waals surface area contributed by atoms with E-state index in [2.05, 4.69) is 5.32 Å². The van der Waals surface area contributed by atoms with Gasteiger partial charge in [-0.2, -0.15) is 0 Å². The maximum absolute atomic E-state index is 13.5. The van der Waals surface area contributed by atoms with E-state index in [-0.39, 0.29) is 11.9 Å². The maximum atomic E-state index is 13.5. The van der Waals surface area contributed by atoms with Crippen LogP contribution >= 0.6 is 0 Å². The lowest BCUT2D eigenvalue weighted by Crippen LogP contribution is -2.19. The minimum absolute atomic E-state index is 0.141. The Bertz CT molecular complexity index is 348. The molecule has 3 heteroatoms. The first-order chi connectivity index (χ1) is 6.97. The first-order valence-corrected chi connectivity index (χ1v) is 5.12. The molecule has 0 radical (unpaired) electrons. The van der Waals surface area contributed by atoms with Gasteiger partial charge in [0, 0.05) is 25.8 Å². The lowest BCUT2D eigenvalue weighted by atomic mass is 10.0. The van der Waals surface area contributed by atoms with E-state index in [9.17, 15) is 4.39 Å². The molecule has 0 aromatic heterocycles. The number of benzene rings is 1. The second-order valence-electron chi connectivity index (χ2n) is 4.06. The van der Waals surface area contributed by atoms with Crippen LogP contribution in [-0.4, -0.2) is 21.1 Å². The molecule has 0 heterocycles. The van der Waals surface area contributed by atoms with Crippen molar-refractivity contribution in [2.75, 3.05) is 26.0 Å². The maximum Gasteiger partial charge on any atom is 0.126 e. The van der Waals surface area contributed by atoms with Crippen LogP contribution in [0.3, 0.4) is 0 Å². The average molecular weight is 210 g/mol. The topological polar surface area (TPSA) is 15.3 Å². The summed E-state index contributed by atoms with van der Waals surface area (Å²) in [7, 11) is 5.82. The summed E-state index contributed by atoms with van der Waals surface area (Å²) in [6.07, 6.45) is 0. The number of hydrogen-bond acceptors (Lipinski definition) is 2. The van der Waals surface area contributed by atoms with Crippen molar-refractivity contribution in [1.82, 2.24) is 5.32 Å². The van der Waals surface area contributed by atoms with Crippen molar-refractivity contribution in [3.05, 3.63) is 29.1 Å². The standard InChI is InChI=1S/C12H19FN2/c1-8-6-12(15(4)5)10(7-11(8)13)9(2)14-3/h6-7,9,14H,1-5H3. The van der Waals surface area contributed by atoms with E-state index in [0.29, 0.717) is 5.56 Å². The zero-order chi connectivity index (χ0) is 11.6. The molecule has 0 fully saturated rings. The molecule has 84 valence electrons. The first-order valence-electron chi connectivity index (χ1n) is 5.12. The second kappa shape index (κ2) is 4.62. The fraction of sp³-hybridized carbons (Fsp3) is 0.500. The molecule has 15 heavy (non-hydrogen) atoms. The molecule has 0 aliphatic heterocycles. The van der Waals surface area contributed by atoms with Crippen LogP contribution in [0.4, 0.5) is 10.1 Å². The van der Waals surface area contributed by atoms with Gasteiger partial charge >= 0.3 is 0 Å². The van der Waals surface area contributed by atoms with Crippen molar-refractivity contribution >= 4 is 5.69 Å². The van der Waals surface area contributed by atoms with Crippen molar-refractivity contribution in [3.8, 4) is 0 Å². The third-order valence-electron chi connectivity index (χ3n) is 2.69. The highest BCUT2D eigenvalue weighted by molar-refractivity contribution is 5.56. The Morgan fingerprint density at radius 1 is 1.33 bits per heavy atom. The Morgan fingerprint density at radius 2 is 1.93 bits per heavy atom. The van der Waals surface area contributed by atoms with Gasteiger partial charge in [0.25, 0.3) is 0 Å². The summed E-state index contributed by atoms with van der Waals surface area (Å²) in [4.78, 5) is 2.01. The highest BCUT2D eigenvalue weighted by Gasteiger charge is 2.13. The summed E-state index contributed by atoms with van der Waals surface area (Å²) in [5.74, 6) is -0.141. The van der Waals surface area contributed by atoms with Crippen molar-refractivity contribution < 1.29 is 4.39 Å². The van der Waals surface area contributed by atoms with Gasteiger partial charge in [-0.3, -0.25) is 0 Å². The summed E-state index contributed by atoms with van der Waals surface area (Å²) >= 11 is 0. The SMILES string of the molecule is CNC(C)c1cc(F)c(C)cc1N(C)C. The number of nitrogens with one attached hydrogen (secondary N) is 1. The molecule has 0 spiro atoms. The van der Waals surface area contributed by atoms with E-state index in [0.717, 1.165) is 11.3 Å². The molecular weight excluding hydrogens is 191 g/mol. The zero-order valence-electron chi connectivity index (χ0n) is 10.1. The van der Waals surface area contributed by atoms with Gasteiger partial charge in [0.15, 0.2) is 0 Å². The van der Waals surface area contributed by atoms with Crippen LogP contribution in [0.15, 0.2) is 12.1 Å². The summed E-state index contributed by atoms with van der Waals surface area (Å²) < 4.78 is 13.5. The Labute approximate surface area is 91.1 Å². The van der Waals surface area contributed by atoms with Crippen LogP contribution in [-0.2, 0) is 0 Å². The van der Waals surface area contributed by atoms with E-state index in [1.165, 1.54) is 0 Å². The second-order valence-corrected chi connectivity index (χ2v) is 4.06. The molecular formula is C12H19FN2. The highest BCUT2D eigenvalue weighted by Crippen LogP contribution is 2.27. The van der Waals surface area contributed by atoms with Gasteiger partial charge in [0.1, 0.15) is 5.82 Å². The smallest absolute Gasteiger partial charge is 0.126 e. The summed E-state index contributed by atoms with van der Waals surface area (Å²) in [5, 5.41) is 3.13. The van der Waals surface area contributed by atoms with Crippen LogP contribution in [0.25, 0.3) is 0 Å². The molecule has 1 aromatic rings. The highest BCUT2D eigenvalue weighted by atomic mass is 19.1. The van der Waals surface area contributed by atoms with E-state index in [1.807, 2.05) is 39.0 Å². The largest absolute Gasteiger partial charge is 0.377 e. The van der Waals surface area contributed by atoms with E-state index >= 15 is 0 Å². The summed E-state index contributed by atoms with van der Waals surface area (Å²) in [6, 6.07) is 3.65. The first kappa shape index (κ1) is 12.0. The summed E-state index contributed by atoms with van der Waals surface area (Å²) in [6.45, 7) is 3.81. The van der Waals surface area contributed by atoms with Crippen molar-refractivity contribution in [3.63, 3.8) is 0 Å². The fourth-order valence-electron chi connectivity index (χ4n) is 1.57. The lowest BCUT2D eigenvalue weighted by Gasteiger charge is -2.22. The van der Waals surface area contributed by atoms with Gasteiger partial charge < -0.3 is 10.2 Å². The van der Waals surface area contributed by atoms with Gasteiger partial charge in [-0.15, -0.1) is 0 Å². The number of aryl methyl sites for hydroxylation is 1. The number of halogens is 1. The quantitative estimate of drug-likeness (QED) is 0.824. The average Bonchev–Trinajstić information content (AvgIpc) is 2.20. The lowest BCUT2D eigenvalue weighted by molar-refractivity contribution is 0.601. The third-order valence-corrected chi connectivity index (χ3v) is 2.69. The third kappa shape index (κ3) is 2.48. The number of anilines is 1. The van der Waals surface area contributed by atoms with Gasteiger partial charge in [-0.05, 0) is 44.2 Å². The molecule has 0 bridgehead atoms. The minimum atomic E-state index is -0.141. The number of hydrogen-bond donors (Lipinski definition) is 1. The van der Waals surface area contributed by atoms with Crippen LogP contribution in [0.1, 0.15) is 24.1 Å². The number of nitrogens with zero attached hydrogens (tertiary/aromatic N) is 1. The molecule has 1 N–H and O–H groups in total. The molecule has 0 amide bonds. The Morgan fingerprint density at radius 3 is 2.40 bits per heavy atom. The molecule has 1 atom stereocenters. The van der Waals surface area contributed by atoms with Gasteiger partial charge in [0.2, 0.25) is 0 Å². The van der Waals surface area contributed by atoms with Crippen LogP contribution in [0.2, 0.25) is 0 Å². The van der Waals surface area contributed by atoms with E-state index < -0.39 is 0 Å². The molecule has 0 aliphatic carbocycles. The predicted octanol–water partition coefficient (Wildman–Crippen LogP) is 2.48. The minimum Gasteiger partial charge on any atom is -0.377 e. The zero-order valence-corrected chi connectivity index (χ0v) is 10.1. The van der Waals surface area contributed by atoms with Gasteiger partial charge in [-0.25, -0.2) is 4.39 Å². The van der Waals surface area contributed by atoms with Crippen LogP contribution < -0.4 is 10.2 Å². The molecule has 1 rings (SSSR count). The Balaban J connectivity index is 3.28. The summed E-state index contributed by atoms with van der Waals surface area (Å²) in [5.41, 5.74) is 2.74. The van der Waals surface area contributed by atoms with Crippen LogP contribution in [0, 0.1) is 12.7 Å². The van der Waals surface area contributed by atoms with Gasteiger partial charge in [0.05, 0.1) is 0 Å². The normalized spacial score (nSPS) is 12.7.